The lowest BCUT2D eigenvalue weighted by Gasteiger charge is -2.13. The molecule has 24 heavy (non-hydrogen) atoms. The van der Waals surface area contributed by atoms with Crippen LogP contribution >= 0.6 is 11.6 Å². The fourth-order valence-electron chi connectivity index (χ4n) is 1.79. The van der Waals surface area contributed by atoms with Crippen molar-refractivity contribution in [2.24, 2.45) is 0 Å². The molecule has 1 heterocycles. The Bertz CT molecular complexity index is 759. The topological polar surface area (TPSA) is 112 Å². The molecule has 0 aliphatic rings. The molecule has 8 nitrogen and oxygen atoms in total. The second kappa shape index (κ2) is 7.60. The number of nitrogens with one attached hydrogen (secondary N) is 1. The number of hydrogen-bond donors (Lipinski definition) is 1. The number of esters is 1. The molecular weight excluding hydrogens is 340 g/mol. The molecule has 9 heteroatoms. The van der Waals surface area contributed by atoms with E-state index in [1.807, 2.05) is 0 Å². The normalized spacial score (nSPS) is 11.6. The molecule has 0 fully saturated rings. The van der Waals surface area contributed by atoms with E-state index >= 15 is 0 Å². The summed E-state index contributed by atoms with van der Waals surface area (Å²) >= 11 is 5.85. The Kier molecular flexibility index (Phi) is 5.54. The Morgan fingerprint density at radius 3 is 2.79 bits per heavy atom. The van der Waals surface area contributed by atoms with E-state index in [1.54, 1.807) is 12.1 Å². The van der Waals surface area contributed by atoms with Crippen molar-refractivity contribution in [1.29, 1.82) is 0 Å². The molecule has 2 rings (SSSR count). The second-order valence-corrected chi connectivity index (χ2v) is 5.17. The molecule has 0 radical (unpaired) electrons. The van der Waals surface area contributed by atoms with Crippen molar-refractivity contribution < 1.29 is 23.7 Å². The molecule has 126 valence electrons. The zero-order valence-electron chi connectivity index (χ0n) is 12.5. The zero-order valence-corrected chi connectivity index (χ0v) is 13.3. The number of nitro groups is 1. The van der Waals surface area contributed by atoms with Crippen molar-refractivity contribution in [3.8, 4) is 0 Å². The van der Waals surface area contributed by atoms with E-state index in [2.05, 4.69) is 5.32 Å². The van der Waals surface area contributed by atoms with Crippen LogP contribution in [0.2, 0.25) is 5.02 Å². The highest BCUT2D eigenvalue weighted by Gasteiger charge is 2.22. The maximum Gasteiger partial charge on any atom is 0.340 e. The number of nitro benzene ring substituents is 1. The monoisotopic (exact) mass is 352 g/mol. The lowest BCUT2D eigenvalue weighted by molar-refractivity contribution is -0.384. The van der Waals surface area contributed by atoms with Crippen LogP contribution in [0.3, 0.4) is 0 Å². The quantitative estimate of drug-likeness (QED) is 0.486. The maximum atomic E-state index is 12.1. The van der Waals surface area contributed by atoms with Crippen LogP contribution in [0, 0.1) is 10.1 Å². The molecule has 0 saturated heterocycles. The Morgan fingerprint density at radius 1 is 1.42 bits per heavy atom. The number of nitrogens with zero attached hydrogens (tertiary/aromatic N) is 1. The number of carbonyl (C=O) groups is 2. The first-order valence-corrected chi connectivity index (χ1v) is 7.21. The number of non-ortho nitro benzene ring substituents is 1. The number of amides is 1. The van der Waals surface area contributed by atoms with Gasteiger partial charge in [0.15, 0.2) is 6.10 Å². The van der Waals surface area contributed by atoms with Gasteiger partial charge < -0.3 is 14.5 Å². The summed E-state index contributed by atoms with van der Waals surface area (Å²) < 4.78 is 10.1. The highest BCUT2D eigenvalue weighted by atomic mass is 35.5. The van der Waals surface area contributed by atoms with Crippen molar-refractivity contribution in [1.82, 2.24) is 5.32 Å². The highest BCUT2D eigenvalue weighted by Crippen LogP contribution is 2.23. The summed E-state index contributed by atoms with van der Waals surface area (Å²) in [6.07, 6.45) is 0.359. The van der Waals surface area contributed by atoms with Gasteiger partial charge in [0.25, 0.3) is 11.6 Å². The van der Waals surface area contributed by atoms with Crippen molar-refractivity contribution in [2.45, 2.75) is 19.6 Å². The van der Waals surface area contributed by atoms with Gasteiger partial charge in [-0.05, 0) is 25.1 Å². The first-order valence-electron chi connectivity index (χ1n) is 6.83. The minimum atomic E-state index is -1.11. The van der Waals surface area contributed by atoms with Crippen LogP contribution in [-0.2, 0) is 16.1 Å². The smallest absolute Gasteiger partial charge is 0.340 e. The number of carbonyl (C=O) groups excluding carboxylic acids is 2. The Morgan fingerprint density at radius 2 is 2.17 bits per heavy atom. The Labute approximate surface area is 141 Å². The summed E-state index contributed by atoms with van der Waals surface area (Å²) in [5.74, 6) is -0.922. The van der Waals surface area contributed by atoms with Gasteiger partial charge in [0.1, 0.15) is 5.76 Å². The minimum Gasteiger partial charge on any atom is -0.467 e. The number of halogens is 1. The van der Waals surface area contributed by atoms with Gasteiger partial charge in [-0.2, -0.15) is 0 Å². The molecule has 0 aliphatic heterocycles. The van der Waals surface area contributed by atoms with Crippen molar-refractivity contribution >= 4 is 29.2 Å². The van der Waals surface area contributed by atoms with Crippen molar-refractivity contribution in [2.75, 3.05) is 0 Å². The third kappa shape index (κ3) is 4.32. The molecule has 1 amide bonds. The Balaban J connectivity index is 1.99. The minimum absolute atomic E-state index is 0.00575. The predicted molar refractivity (Wildman–Crippen MR) is 83.5 cm³/mol. The summed E-state index contributed by atoms with van der Waals surface area (Å²) in [6.45, 7) is 1.52. The van der Waals surface area contributed by atoms with Crippen LogP contribution in [0.25, 0.3) is 0 Å². The SMILES string of the molecule is C[C@@H](OC(=O)c1cc([N+](=O)[O-])ccc1Cl)C(=O)NCc1ccco1. The van der Waals surface area contributed by atoms with E-state index in [0.717, 1.165) is 6.07 Å². The molecule has 0 saturated carbocycles. The van der Waals surface area contributed by atoms with Gasteiger partial charge in [-0.25, -0.2) is 4.79 Å². The van der Waals surface area contributed by atoms with Crippen LogP contribution in [0.1, 0.15) is 23.0 Å². The van der Waals surface area contributed by atoms with E-state index in [9.17, 15) is 19.7 Å². The van der Waals surface area contributed by atoms with E-state index in [1.165, 1.54) is 25.3 Å². The molecule has 0 aliphatic carbocycles. The summed E-state index contributed by atoms with van der Waals surface area (Å²) in [6, 6.07) is 6.74. The number of hydrogen-bond acceptors (Lipinski definition) is 6. The molecule has 1 N–H and O–H groups in total. The molecule has 1 aromatic carbocycles. The van der Waals surface area contributed by atoms with E-state index in [-0.39, 0.29) is 22.8 Å². The number of furan rings is 1. The van der Waals surface area contributed by atoms with Crippen LogP contribution in [0.4, 0.5) is 5.69 Å². The van der Waals surface area contributed by atoms with Gasteiger partial charge in [-0.3, -0.25) is 14.9 Å². The summed E-state index contributed by atoms with van der Waals surface area (Å²) in [5.41, 5.74) is -0.488. The van der Waals surface area contributed by atoms with Crippen molar-refractivity contribution in [3.63, 3.8) is 0 Å². The van der Waals surface area contributed by atoms with Gasteiger partial charge in [-0.1, -0.05) is 11.6 Å². The fraction of sp³-hybridized carbons (Fsp3) is 0.200. The average molecular weight is 353 g/mol. The molecule has 2 aromatic rings. The third-order valence-corrected chi connectivity index (χ3v) is 3.38. The predicted octanol–water partition coefficient (Wildman–Crippen LogP) is 2.70. The van der Waals surface area contributed by atoms with Crippen LogP contribution < -0.4 is 5.32 Å². The molecule has 0 unspecified atom stereocenters. The van der Waals surface area contributed by atoms with Gasteiger partial charge >= 0.3 is 5.97 Å². The molecule has 1 atom stereocenters. The van der Waals surface area contributed by atoms with Crippen LogP contribution in [0.15, 0.2) is 41.0 Å². The lowest BCUT2D eigenvalue weighted by atomic mass is 10.2. The molecule has 1 aromatic heterocycles. The second-order valence-electron chi connectivity index (χ2n) is 4.77. The van der Waals surface area contributed by atoms with Gasteiger partial charge in [0.2, 0.25) is 0 Å². The van der Waals surface area contributed by atoms with Crippen molar-refractivity contribution in [3.05, 3.63) is 63.1 Å². The fourth-order valence-corrected chi connectivity index (χ4v) is 1.99. The van der Waals surface area contributed by atoms with E-state index in [4.69, 9.17) is 20.8 Å². The summed E-state index contributed by atoms with van der Waals surface area (Å²) in [5, 5.41) is 13.3. The molecular formula is C15H13ClN2O6. The number of ether oxygens (including phenoxy) is 1. The number of rotatable bonds is 6. The van der Waals surface area contributed by atoms with E-state index < -0.39 is 22.9 Å². The van der Waals surface area contributed by atoms with Crippen LogP contribution in [-0.4, -0.2) is 22.9 Å². The van der Waals surface area contributed by atoms with E-state index in [0.29, 0.717) is 5.76 Å². The van der Waals surface area contributed by atoms with Gasteiger partial charge in [-0.15, -0.1) is 0 Å². The average Bonchev–Trinajstić information content (AvgIpc) is 3.05. The Hall–Kier alpha value is -2.87. The summed E-state index contributed by atoms with van der Waals surface area (Å²) in [4.78, 5) is 34.0. The third-order valence-electron chi connectivity index (χ3n) is 3.05. The molecule has 0 bridgehead atoms. The summed E-state index contributed by atoms with van der Waals surface area (Å²) in [7, 11) is 0. The first kappa shape index (κ1) is 17.5. The first-order chi connectivity index (χ1) is 11.4. The van der Waals surface area contributed by atoms with Gasteiger partial charge in [0.05, 0.1) is 28.3 Å². The van der Waals surface area contributed by atoms with Gasteiger partial charge in [0, 0.05) is 12.1 Å². The number of benzene rings is 1. The highest BCUT2D eigenvalue weighted by molar-refractivity contribution is 6.33. The molecule has 0 spiro atoms. The van der Waals surface area contributed by atoms with Crippen LogP contribution in [0.5, 0.6) is 0 Å². The standard InChI is InChI=1S/C15H13ClN2O6/c1-9(14(19)17-8-11-3-2-6-23-11)24-15(20)12-7-10(18(21)22)4-5-13(12)16/h2-7,9H,8H2,1H3,(H,17,19)/t9-/m1/s1. The zero-order chi connectivity index (χ0) is 17.7. The lowest BCUT2D eigenvalue weighted by Crippen LogP contribution is -2.35. The maximum absolute atomic E-state index is 12.1. The largest absolute Gasteiger partial charge is 0.467 e.